The van der Waals surface area contributed by atoms with Gasteiger partial charge in [0.2, 0.25) is 6.17 Å². The molecule has 0 N–H and O–H groups in total. The Bertz CT molecular complexity index is 385. The van der Waals surface area contributed by atoms with Crippen LogP contribution in [0.1, 0.15) is 0 Å². The topological polar surface area (TPSA) is 17.1 Å². The molecule has 2 atom stereocenters. The summed E-state index contributed by atoms with van der Waals surface area (Å²) in [6.07, 6.45) is -3.88. The third-order valence-corrected chi connectivity index (χ3v) is 1.77. The van der Waals surface area contributed by atoms with Crippen LogP contribution in [0.25, 0.3) is 0 Å². The molecular weight excluding hydrogens is 233 g/mol. The number of carbonyl (C=O) groups excluding carboxylic acids is 1. The summed E-state index contributed by atoms with van der Waals surface area (Å²) in [5, 5.41) is 0. The zero-order valence-electron chi connectivity index (χ0n) is 6.63. The fourth-order valence-electron chi connectivity index (χ4n) is 0.944. The minimum Gasteiger partial charge on any atom is -0.257 e. The van der Waals surface area contributed by atoms with Gasteiger partial charge in [0.05, 0.1) is 0 Å². The summed E-state index contributed by atoms with van der Waals surface area (Å²) in [5.41, 5.74) is -4.79. The molecule has 1 aliphatic carbocycles. The highest BCUT2D eigenvalue weighted by Gasteiger charge is 2.60. The maximum atomic E-state index is 12.9. The average Bonchev–Trinajstić information content (AvgIpc) is 2.20. The first-order valence-corrected chi connectivity index (χ1v) is 3.38. The lowest BCUT2D eigenvalue weighted by Crippen LogP contribution is -2.45. The predicted octanol–water partition coefficient (Wildman–Crippen LogP) is 2.84. The van der Waals surface area contributed by atoms with Crippen molar-refractivity contribution in [3.05, 3.63) is 23.3 Å². The van der Waals surface area contributed by atoms with E-state index in [0.29, 0.717) is 0 Å². The molecule has 0 aromatic heterocycles. The Morgan fingerprint density at radius 1 is 1.13 bits per heavy atom. The van der Waals surface area contributed by atoms with Crippen molar-refractivity contribution in [1.82, 2.24) is 0 Å². The maximum absolute atomic E-state index is 12.9. The first-order valence-electron chi connectivity index (χ1n) is 3.38. The fourth-order valence-corrected chi connectivity index (χ4v) is 0.944. The molecule has 1 rings (SSSR count). The van der Waals surface area contributed by atoms with Gasteiger partial charge >= 0.3 is 6.04 Å². The van der Waals surface area contributed by atoms with E-state index >= 15 is 0 Å². The van der Waals surface area contributed by atoms with E-state index in [9.17, 15) is 35.5 Å². The first kappa shape index (κ1) is 11.7. The van der Waals surface area contributed by atoms with E-state index < -0.39 is 41.2 Å². The van der Waals surface area contributed by atoms with Crippen LogP contribution < -0.4 is 0 Å². The van der Waals surface area contributed by atoms with Gasteiger partial charge in [0.25, 0.3) is 5.67 Å². The van der Waals surface area contributed by atoms with Gasteiger partial charge in [-0.1, -0.05) is 0 Å². The van der Waals surface area contributed by atoms with Crippen LogP contribution in [0, 0.1) is 0 Å². The monoisotopic (exact) mass is 234 g/mol. The van der Waals surface area contributed by atoms with Gasteiger partial charge < -0.3 is 0 Å². The second-order valence-corrected chi connectivity index (χ2v) is 2.64. The van der Waals surface area contributed by atoms with E-state index in [2.05, 4.69) is 0 Å². The molecule has 0 amide bonds. The minimum absolute atomic E-state index is 2.63. The standard InChI is InChI=1S/C7HF7O/c8-1-2(9)4(11)7(14,6(13)15)5(12)3(1)10/h4H. The molecule has 2 unspecified atom stereocenters. The lowest BCUT2D eigenvalue weighted by molar-refractivity contribution is -0.145. The van der Waals surface area contributed by atoms with Crippen molar-refractivity contribution in [2.45, 2.75) is 11.8 Å². The Hall–Kier alpha value is -1.34. The Labute approximate surface area is 77.9 Å². The number of alkyl halides is 2. The molecule has 1 nitrogen and oxygen atoms in total. The predicted molar refractivity (Wildman–Crippen MR) is 33.3 cm³/mol. The van der Waals surface area contributed by atoms with Gasteiger partial charge in [0.1, 0.15) is 0 Å². The largest absolute Gasteiger partial charge is 0.349 e. The summed E-state index contributed by atoms with van der Waals surface area (Å²) in [5.74, 6) is -11.1. The molecule has 0 aromatic carbocycles. The van der Waals surface area contributed by atoms with Crippen molar-refractivity contribution in [2.24, 2.45) is 0 Å². The summed E-state index contributed by atoms with van der Waals surface area (Å²) in [4.78, 5) is 9.90. The van der Waals surface area contributed by atoms with Gasteiger partial charge in [-0.3, -0.25) is 4.79 Å². The van der Waals surface area contributed by atoms with E-state index in [1.54, 1.807) is 0 Å². The molecule has 0 saturated heterocycles. The van der Waals surface area contributed by atoms with E-state index in [4.69, 9.17) is 0 Å². The summed E-state index contributed by atoms with van der Waals surface area (Å²) in [6, 6.07) is -3.29. The normalized spacial score (nSPS) is 32.3. The number of rotatable bonds is 1. The Kier molecular flexibility index (Phi) is 2.62. The molecule has 8 heteroatoms. The average molecular weight is 234 g/mol. The third-order valence-electron chi connectivity index (χ3n) is 1.77. The Morgan fingerprint density at radius 2 is 1.60 bits per heavy atom. The molecule has 0 aliphatic heterocycles. The van der Waals surface area contributed by atoms with E-state index in [0.717, 1.165) is 0 Å². The summed E-state index contributed by atoms with van der Waals surface area (Å²) >= 11 is 0. The molecule has 0 fully saturated rings. The minimum atomic E-state index is -4.79. The lowest BCUT2D eigenvalue weighted by Gasteiger charge is -2.24. The molecule has 1 aliphatic rings. The summed E-state index contributed by atoms with van der Waals surface area (Å²) < 4.78 is 87.0. The molecule has 0 bridgehead atoms. The number of hydrogen-bond donors (Lipinski definition) is 0. The van der Waals surface area contributed by atoms with Gasteiger partial charge in [0.15, 0.2) is 23.3 Å². The van der Waals surface area contributed by atoms with E-state index in [1.165, 1.54) is 0 Å². The fraction of sp³-hybridized carbons (Fsp3) is 0.286. The number of carbonyl (C=O) groups is 1. The Morgan fingerprint density at radius 3 is 2.00 bits per heavy atom. The van der Waals surface area contributed by atoms with Crippen LogP contribution >= 0.6 is 0 Å². The van der Waals surface area contributed by atoms with Gasteiger partial charge in [-0.05, 0) is 0 Å². The van der Waals surface area contributed by atoms with Crippen molar-refractivity contribution >= 4 is 6.04 Å². The van der Waals surface area contributed by atoms with Gasteiger partial charge in [-0.25, -0.2) is 26.3 Å². The van der Waals surface area contributed by atoms with Crippen LogP contribution in [-0.4, -0.2) is 17.9 Å². The van der Waals surface area contributed by atoms with Crippen LogP contribution in [-0.2, 0) is 4.79 Å². The highest BCUT2D eigenvalue weighted by molar-refractivity contribution is 5.84. The molecule has 0 aromatic rings. The third kappa shape index (κ3) is 1.35. The van der Waals surface area contributed by atoms with Crippen molar-refractivity contribution in [2.75, 3.05) is 0 Å². The van der Waals surface area contributed by atoms with Crippen LogP contribution in [0.3, 0.4) is 0 Å². The van der Waals surface area contributed by atoms with Crippen molar-refractivity contribution in [3.8, 4) is 0 Å². The van der Waals surface area contributed by atoms with Gasteiger partial charge in [-0.2, -0.15) is 4.39 Å². The number of hydrogen-bond acceptors (Lipinski definition) is 1. The SMILES string of the molecule is O=C(F)C1(F)C(F)=C(F)C(F)=C(F)C1F. The lowest BCUT2D eigenvalue weighted by atomic mass is 9.92. The summed E-state index contributed by atoms with van der Waals surface area (Å²) in [6.45, 7) is 0. The molecule has 0 saturated carbocycles. The summed E-state index contributed by atoms with van der Waals surface area (Å²) in [7, 11) is 0. The molecule has 0 radical (unpaired) electrons. The smallest absolute Gasteiger partial charge is 0.257 e. The quantitative estimate of drug-likeness (QED) is 0.503. The molecule has 0 heterocycles. The first-order chi connectivity index (χ1) is 6.74. The zero-order chi connectivity index (χ0) is 12.0. The molecule has 0 spiro atoms. The van der Waals surface area contributed by atoms with E-state index in [1.807, 2.05) is 0 Å². The zero-order valence-corrected chi connectivity index (χ0v) is 6.63. The highest BCUT2D eigenvalue weighted by Crippen LogP contribution is 2.45. The van der Waals surface area contributed by atoms with Crippen molar-refractivity contribution in [1.29, 1.82) is 0 Å². The second kappa shape index (κ2) is 3.35. The van der Waals surface area contributed by atoms with Crippen LogP contribution in [0.4, 0.5) is 30.7 Å². The second-order valence-electron chi connectivity index (χ2n) is 2.64. The maximum Gasteiger partial charge on any atom is 0.349 e. The van der Waals surface area contributed by atoms with Gasteiger partial charge in [-0.15, -0.1) is 0 Å². The number of allylic oxidation sites excluding steroid dienone is 4. The Balaban J connectivity index is 3.45. The van der Waals surface area contributed by atoms with Crippen LogP contribution in [0.2, 0.25) is 0 Å². The number of halogens is 7. The van der Waals surface area contributed by atoms with Crippen LogP contribution in [0.5, 0.6) is 0 Å². The molecular formula is C7HF7O. The molecule has 15 heavy (non-hydrogen) atoms. The highest BCUT2D eigenvalue weighted by atomic mass is 19.2. The molecule has 84 valence electrons. The van der Waals surface area contributed by atoms with Gasteiger partial charge in [0, 0.05) is 0 Å². The van der Waals surface area contributed by atoms with E-state index in [-0.39, 0.29) is 0 Å². The van der Waals surface area contributed by atoms with Crippen molar-refractivity contribution < 1.29 is 35.5 Å². The van der Waals surface area contributed by atoms with Crippen LogP contribution in [0.15, 0.2) is 23.3 Å². The van der Waals surface area contributed by atoms with Crippen molar-refractivity contribution in [3.63, 3.8) is 0 Å².